The Labute approximate surface area is 176 Å². The number of nitrogens with one attached hydrogen (secondary N) is 2. The van der Waals surface area contributed by atoms with Gasteiger partial charge in [0.05, 0.1) is 16.9 Å². The maximum absolute atomic E-state index is 12.7. The summed E-state index contributed by atoms with van der Waals surface area (Å²) in [6, 6.07) is 17.5. The Bertz CT molecular complexity index is 1220. The molecule has 29 heavy (non-hydrogen) atoms. The van der Waals surface area contributed by atoms with Crippen molar-refractivity contribution in [2.75, 3.05) is 11.1 Å². The van der Waals surface area contributed by atoms with Gasteiger partial charge in [0, 0.05) is 16.6 Å². The maximum atomic E-state index is 12.7. The summed E-state index contributed by atoms with van der Waals surface area (Å²) in [5, 5.41) is 5.49. The van der Waals surface area contributed by atoms with Gasteiger partial charge < -0.3 is 10.3 Å². The van der Waals surface area contributed by atoms with Gasteiger partial charge >= 0.3 is 0 Å². The first kappa shape index (κ1) is 19.4. The topological polar surface area (TPSA) is 74.8 Å². The lowest BCUT2D eigenvalue weighted by molar-refractivity contribution is -0.113. The number of H-pyrrole nitrogens is 1. The molecular formula is C22H19N3O2S2. The molecule has 0 fully saturated rings. The highest BCUT2D eigenvalue weighted by atomic mass is 32.2. The quantitative estimate of drug-likeness (QED) is 0.467. The van der Waals surface area contributed by atoms with Crippen molar-refractivity contribution in [2.24, 2.45) is 0 Å². The van der Waals surface area contributed by atoms with Crippen molar-refractivity contribution in [3.8, 4) is 11.1 Å². The second kappa shape index (κ2) is 8.63. The molecule has 146 valence electrons. The van der Waals surface area contributed by atoms with Crippen LogP contribution in [-0.4, -0.2) is 21.6 Å². The van der Waals surface area contributed by atoms with Gasteiger partial charge in [0.25, 0.3) is 5.56 Å². The van der Waals surface area contributed by atoms with Gasteiger partial charge in [-0.2, -0.15) is 0 Å². The highest BCUT2D eigenvalue weighted by Crippen LogP contribution is 2.30. The number of carbonyl (C=O) groups is 1. The summed E-state index contributed by atoms with van der Waals surface area (Å²) in [6.45, 7) is 1.96. The second-order valence-corrected chi connectivity index (χ2v) is 8.41. The van der Waals surface area contributed by atoms with Crippen molar-refractivity contribution in [3.05, 3.63) is 81.7 Å². The standard InChI is InChI=1S/C22H19N3O2S2/c1-14-7-5-6-10-17(14)23-19(26)13-28-12-18-24-21(27)20-16(11-29-22(20)25-18)15-8-3-2-4-9-15/h2-11H,12-13H2,1H3,(H,23,26)(H,24,25,27). The molecule has 2 aromatic carbocycles. The van der Waals surface area contributed by atoms with Gasteiger partial charge in [0.1, 0.15) is 10.7 Å². The smallest absolute Gasteiger partial charge is 0.260 e. The SMILES string of the molecule is Cc1ccccc1NC(=O)CSCc1nc2scc(-c3ccccc3)c2c(=O)[nH]1. The minimum atomic E-state index is -0.143. The number of nitrogens with zero attached hydrogens (tertiary/aromatic N) is 1. The lowest BCUT2D eigenvalue weighted by Crippen LogP contribution is -2.15. The van der Waals surface area contributed by atoms with Crippen LogP contribution in [0.25, 0.3) is 21.3 Å². The summed E-state index contributed by atoms with van der Waals surface area (Å²) in [5.74, 6) is 1.26. The molecule has 5 nitrogen and oxygen atoms in total. The highest BCUT2D eigenvalue weighted by molar-refractivity contribution is 7.99. The molecule has 2 heterocycles. The second-order valence-electron chi connectivity index (χ2n) is 6.56. The normalized spacial score (nSPS) is 10.9. The highest BCUT2D eigenvalue weighted by Gasteiger charge is 2.13. The van der Waals surface area contributed by atoms with Gasteiger partial charge in [-0.3, -0.25) is 9.59 Å². The van der Waals surface area contributed by atoms with E-state index in [2.05, 4.69) is 15.3 Å². The van der Waals surface area contributed by atoms with Gasteiger partial charge in [-0.25, -0.2) is 4.98 Å². The van der Waals surface area contributed by atoms with Gasteiger partial charge in [-0.1, -0.05) is 48.5 Å². The molecule has 0 radical (unpaired) electrons. The Kier molecular flexibility index (Phi) is 5.78. The molecule has 0 bridgehead atoms. The van der Waals surface area contributed by atoms with Crippen LogP contribution < -0.4 is 10.9 Å². The first-order valence-corrected chi connectivity index (χ1v) is 11.1. The molecule has 0 unspecified atom stereocenters. The molecule has 1 amide bonds. The van der Waals surface area contributed by atoms with Crippen LogP contribution in [0.3, 0.4) is 0 Å². The van der Waals surface area contributed by atoms with Gasteiger partial charge in [-0.05, 0) is 24.1 Å². The number of anilines is 1. The number of hydrogen-bond donors (Lipinski definition) is 2. The zero-order chi connectivity index (χ0) is 20.2. The molecule has 0 spiro atoms. The molecule has 0 aliphatic carbocycles. The lowest BCUT2D eigenvalue weighted by atomic mass is 10.1. The first-order valence-electron chi connectivity index (χ1n) is 9.11. The fraction of sp³-hybridized carbons (Fsp3) is 0.136. The van der Waals surface area contributed by atoms with Crippen LogP contribution >= 0.6 is 23.1 Å². The molecule has 0 saturated heterocycles. The number of rotatable bonds is 6. The molecule has 7 heteroatoms. The Balaban J connectivity index is 1.43. The van der Waals surface area contributed by atoms with Crippen molar-refractivity contribution in [2.45, 2.75) is 12.7 Å². The number of carbonyl (C=O) groups excluding carboxylic acids is 1. The van der Waals surface area contributed by atoms with Crippen molar-refractivity contribution in [1.82, 2.24) is 9.97 Å². The average molecular weight is 422 g/mol. The molecule has 0 aliphatic heterocycles. The number of aromatic nitrogens is 2. The summed E-state index contributed by atoms with van der Waals surface area (Å²) in [4.78, 5) is 33.0. The summed E-state index contributed by atoms with van der Waals surface area (Å²) in [5.41, 5.74) is 3.60. The predicted octanol–water partition coefficient (Wildman–Crippen LogP) is 4.83. The van der Waals surface area contributed by atoms with E-state index in [1.807, 2.05) is 66.9 Å². The van der Waals surface area contributed by atoms with Crippen LogP contribution in [0.5, 0.6) is 0 Å². The van der Waals surface area contributed by atoms with Crippen LogP contribution in [0.1, 0.15) is 11.4 Å². The van der Waals surface area contributed by atoms with E-state index in [0.29, 0.717) is 21.8 Å². The van der Waals surface area contributed by atoms with Gasteiger partial charge in [0.15, 0.2) is 0 Å². The van der Waals surface area contributed by atoms with Crippen molar-refractivity contribution in [3.63, 3.8) is 0 Å². The molecule has 4 rings (SSSR count). The summed E-state index contributed by atoms with van der Waals surface area (Å²) < 4.78 is 0. The van der Waals surface area contributed by atoms with Crippen molar-refractivity contribution < 1.29 is 4.79 Å². The molecule has 2 N–H and O–H groups in total. The van der Waals surface area contributed by atoms with E-state index in [1.165, 1.54) is 23.1 Å². The molecule has 0 saturated carbocycles. The van der Waals surface area contributed by atoms with E-state index in [1.54, 1.807) is 0 Å². The zero-order valence-corrected chi connectivity index (χ0v) is 17.4. The number of hydrogen-bond acceptors (Lipinski definition) is 5. The third kappa shape index (κ3) is 4.41. The van der Waals surface area contributed by atoms with E-state index in [-0.39, 0.29) is 17.2 Å². The van der Waals surface area contributed by atoms with Crippen molar-refractivity contribution >= 4 is 44.9 Å². The third-order valence-corrected chi connectivity index (χ3v) is 6.28. The van der Waals surface area contributed by atoms with E-state index < -0.39 is 0 Å². The number of amides is 1. The van der Waals surface area contributed by atoms with E-state index >= 15 is 0 Å². The van der Waals surface area contributed by atoms with Gasteiger partial charge in [0.2, 0.25) is 5.91 Å². The monoisotopic (exact) mass is 421 g/mol. The zero-order valence-electron chi connectivity index (χ0n) is 15.8. The molecule has 0 aliphatic rings. The van der Waals surface area contributed by atoms with Crippen LogP contribution in [0.4, 0.5) is 5.69 Å². The fourth-order valence-electron chi connectivity index (χ4n) is 3.03. The number of thioether (sulfide) groups is 1. The van der Waals surface area contributed by atoms with Crippen molar-refractivity contribution in [1.29, 1.82) is 0 Å². The summed E-state index contributed by atoms with van der Waals surface area (Å²) >= 11 is 2.88. The minimum absolute atomic E-state index is 0.0739. The Morgan fingerprint density at radius 2 is 1.90 bits per heavy atom. The van der Waals surface area contributed by atoms with Crippen LogP contribution in [0.15, 0.2) is 64.8 Å². The molecular weight excluding hydrogens is 402 g/mol. The number of benzene rings is 2. The predicted molar refractivity (Wildman–Crippen MR) is 122 cm³/mol. The molecule has 2 aromatic heterocycles. The Hall–Kier alpha value is -2.90. The van der Waals surface area contributed by atoms with E-state index in [0.717, 1.165) is 22.4 Å². The summed E-state index contributed by atoms with van der Waals surface area (Å²) in [6.07, 6.45) is 0. The Morgan fingerprint density at radius 3 is 2.69 bits per heavy atom. The van der Waals surface area contributed by atoms with Crippen LogP contribution in [-0.2, 0) is 10.5 Å². The largest absolute Gasteiger partial charge is 0.325 e. The number of thiophene rings is 1. The number of aromatic amines is 1. The maximum Gasteiger partial charge on any atom is 0.260 e. The van der Waals surface area contributed by atoms with E-state index in [9.17, 15) is 9.59 Å². The van der Waals surface area contributed by atoms with Crippen LogP contribution in [0.2, 0.25) is 0 Å². The fourth-order valence-corrected chi connectivity index (χ4v) is 4.69. The number of fused-ring (bicyclic) bond motifs is 1. The average Bonchev–Trinajstić information content (AvgIpc) is 3.15. The number of aryl methyl sites for hydroxylation is 1. The third-order valence-electron chi connectivity index (χ3n) is 4.47. The van der Waals surface area contributed by atoms with E-state index in [4.69, 9.17) is 0 Å². The van der Waals surface area contributed by atoms with Gasteiger partial charge in [-0.15, -0.1) is 23.1 Å². The first-order chi connectivity index (χ1) is 14.1. The molecule has 0 atom stereocenters. The summed E-state index contributed by atoms with van der Waals surface area (Å²) in [7, 11) is 0. The lowest BCUT2D eigenvalue weighted by Gasteiger charge is -2.07. The Morgan fingerprint density at radius 1 is 1.14 bits per heavy atom. The number of para-hydroxylation sites is 1. The van der Waals surface area contributed by atoms with Crippen LogP contribution in [0, 0.1) is 6.92 Å². The molecule has 4 aromatic rings. The minimum Gasteiger partial charge on any atom is -0.325 e.